The van der Waals surface area contributed by atoms with Crippen molar-refractivity contribution in [2.75, 3.05) is 4.98 Å². The summed E-state index contributed by atoms with van der Waals surface area (Å²) >= 11 is 6.24. The maximum atomic E-state index is 6.24. The Morgan fingerprint density at radius 2 is 1.90 bits per heavy atom. The fraction of sp³-hybridized carbons (Fsp3) is 0.571. The lowest BCUT2D eigenvalue weighted by Crippen LogP contribution is -2.51. The van der Waals surface area contributed by atoms with Gasteiger partial charge in [0.05, 0.1) is 5.39 Å². The van der Waals surface area contributed by atoms with E-state index in [2.05, 4.69) is 54.6 Å². The van der Waals surface area contributed by atoms with Gasteiger partial charge in [0.2, 0.25) is 5.95 Å². The lowest BCUT2D eigenvalue weighted by atomic mass is 10.2. The quantitative estimate of drug-likeness (QED) is 0.629. The van der Waals surface area contributed by atoms with Crippen LogP contribution in [-0.4, -0.2) is 23.2 Å². The lowest BCUT2D eigenvalue weighted by molar-refractivity contribution is 0.705. The highest BCUT2D eigenvalue weighted by Gasteiger charge is 2.42. The van der Waals surface area contributed by atoms with Crippen LogP contribution in [0, 0.1) is 0 Å². The van der Waals surface area contributed by atoms with Crippen LogP contribution in [0.4, 0.5) is 5.95 Å². The van der Waals surface area contributed by atoms with E-state index in [4.69, 9.17) is 11.6 Å². The minimum absolute atomic E-state index is 0.233. The van der Waals surface area contributed by atoms with Crippen molar-refractivity contribution in [3.05, 3.63) is 17.4 Å². The van der Waals surface area contributed by atoms with Crippen LogP contribution >= 0.6 is 11.6 Å². The number of rotatable bonds is 4. The summed E-state index contributed by atoms with van der Waals surface area (Å²) < 4.78 is 0. The summed E-state index contributed by atoms with van der Waals surface area (Å²) in [6.07, 6.45) is 1.84. The van der Waals surface area contributed by atoms with E-state index in [0.717, 1.165) is 23.1 Å². The summed E-state index contributed by atoms with van der Waals surface area (Å²) in [6.45, 7) is 11.4. The van der Waals surface area contributed by atoms with Gasteiger partial charge in [0.1, 0.15) is 10.8 Å². The van der Waals surface area contributed by atoms with Crippen LogP contribution < -0.4 is 4.98 Å². The minimum Gasteiger partial charge on any atom is -0.379 e. The summed E-state index contributed by atoms with van der Waals surface area (Å²) in [5.41, 5.74) is 0.788. The maximum Gasteiger partial charge on any atom is 0.218 e. The van der Waals surface area contributed by atoms with Crippen LogP contribution in [0.5, 0.6) is 0 Å². The van der Waals surface area contributed by atoms with Gasteiger partial charge >= 0.3 is 0 Å². The number of aromatic nitrogens is 3. The first kappa shape index (κ1) is 15.3. The number of H-pyrrole nitrogens is 1. The van der Waals surface area contributed by atoms with Crippen molar-refractivity contribution in [2.45, 2.75) is 51.7 Å². The van der Waals surface area contributed by atoms with E-state index in [1.165, 1.54) is 0 Å². The number of halogens is 1. The highest BCUT2D eigenvalue weighted by Crippen LogP contribution is 2.41. The molecule has 4 nitrogen and oxygen atoms in total. The Balaban J connectivity index is 2.43. The molecule has 0 saturated heterocycles. The number of nitrogens with one attached hydrogen (secondary N) is 2. The molecule has 0 spiro atoms. The Hall–Kier alpha value is -1.07. The van der Waals surface area contributed by atoms with Gasteiger partial charge in [-0.3, -0.25) is 0 Å². The van der Waals surface area contributed by atoms with E-state index in [-0.39, 0.29) is 5.04 Å². The Bertz CT molecular complexity index is 599. The molecule has 2 aromatic heterocycles. The molecule has 0 aliphatic heterocycles. The second-order valence-electron chi connectivity index (χ2n) is 6.24. The molecule has 2 aromatic rings. The molecule has 0 radical (unpaired) electrons. The number of anilines is 1. The predicted octanol–water partition coefficient (Wildman–Crippen LogP) is 4.81. The van der Waals surface area contributed by atoms with E-state index in [1.54, 1.807) is 0 Å². The fourth-order valence-electron chi connectivity index (χ4n) is 2.85. The molecule has 0 unspecified atom stereocenters. The number of nitrogens with zero attached hydrogens (tertiary/aromatic N) is 2. The van der Waals surface area contributed by atoms with Gasteiger partial charge in [-0.1, -0.05) is 46.2 Å². The number of aromatic amines is 1. The normalized spacial score (nSPS) is 12.9. The van der Waals surface area contributed by atoms with E-state index < -0.39 is 8.24 Å². The molecule has 0 amide bonds. The Morgan fingerprint density at radius 1 is 1.25 bits per heavy atom. The average molecular weight is 311 g/mol. The van der Waals surface area contributed by atoms with Gasteiger partial charge in [-0.25, -0.2) is 4.98 Å². The standard InChI is InChI=1S/C14H23ClN4Si/c1-6-20(7-2,14(3,4)5)19-13-17-11(15)10-8-9-16-12(10)18-13/h8-9H,6-7H2,1-5H3,(H2,16,17,18,19). The largest absolute Gasteiger partial charge is 0.379 e. The molecule has 2 N–H and O–H groups in total. The second kappa shape index (κ2) is 5.37. The zero-order chi connectivity index (χ0) is 15.0. The van der Waals surface area contributed by atoms with Gasteiger partial charge < -0.3 is 9.97 Å². The first-order chi connectivity index (χ1) is 9.33. The van der Waals surface area contributed by atoms with Crippen molar-refractivity contribution in [2.24, 2.45) is 0 Å². The molecule has 0 fully saturated rings. The Morgan fingerprint density at radius 3 is 2.45 bits per heavy atom. The van der Waals surface area contributed by atoms with E-state index >= 15 is 0 Å². The molecule has 0 aromatic carbocycles. The molecule has 20 heavy (non-hydrogen) atoms. The number of hydrogen-bond donors (Lipinski definition) is 2. The summed E-state index contributed by atoms with van der Waals surface area (Å²) in [4.78, 5) is 15.8. The third kappa shape index (κ3) is 2.56. The van der Waals surface area contributed by atoms with Crippen LogP contribution in [-0.2, 0) is 0 Å². The molecule has 0 bridgehead atoms. The van der Waals surface area contributed by atoms with Gasteiger partial charge in [-0.2, -0.15) is 4.98 Å². The molecule has 110 valence electrons. The maximum absolute atomic E-state index is 6.24. The third-order valence-corrected chi connectivity index (χ3v) is 10.6. The zero-order valence-corrected chi connectivity index (χ0v) is 14.6. The predicted molar refractivity (Wildman–Crippen MR) is 89.0 cm³/mol. The van der Waals surface area contributed by atoms with Gasteiger partial charge in [0.25, 0.3) is 0 Å². The van der Waals surface area contributed by atoms with Crippen LogP contribution in [0.1, 0.15) is 34.6 Å². The van der Waals surface area contributed by atoms with Crippen molar-refractivity contribution in [1.82, 2.24) is 15.0 Å². The summed E-state index contributed by atoms with van der Waals surface area (Å²) in [5.74, 6) is 0.648. The molecular formula is C14H23ClN4Si. The van der Waals surface area contributed by atoms with Crippen LogP contribution in [0.3, 0.4) is 0 Å². The topological polar surface area (TPSA) is 53.6 Å². The highest BCUT2D eigenvalue weighted by molar-refractivity contribution is 6.85. The van der Waals surface area contributed by atoms with Crippen molar-refractivity contribution in [1.29, 1.82) is 0 Å². The summed E-state index contributed by atoms with van der Waals surface area (Å²) in [6, 6.07) is 4.17. The first-order valence-electron chi connectivity index (χ1n) is 7.12. The fourth-order valence-corrected chi connectivity index (χ4v) is 6.97. The molecular weight excluding hydrogens is 288 g/mol. The average Bonchev–Trinajstić information content (AvgIpc) is 2.83. The number of hydrogen-bond acceptors (Lipinski definition) is 3. The van der Waals surface area contributed by atoms with Crippen molar-refractivity contribution in [3.63, 3.8) is 0 Å². The molecule has 0 atom stereocenters. The molecule has 0 saturated carbocycles. The van der Waals surface area contributed by atoms with Gasteiger partial charge in [-0.05, 0) is 23.2 Å². The van der Waals surface area contributed by atoms with Gasteiger partial charge in [0, 0.05) is 6.20 Å². The van der Waals surface area contributed by atoms with Crippen molar-refractivity contribution < 1.29 is 0 Å². The first-order valence-corrected chi connectivity index (χ1v) is 9.91. The third-order valence-electron chi connectivity index (χ3n) is 4.36. The Labute approximate surface area is 126 Å². The van der Waals surface area contributed by atoms with Crippen LogP contribution in [0.15, 0.2) is 12.3 Å². The monoisotopic (exact) mass is 310 g/mol. The van der Waals surface area contributed by atoms with Gasteiger partial charge in [-0.15, -0.1) is 0 Å². The lowest BCUT2D eigenvalue weighted by Gasteiger charge is -2.42. The smallest absolute Gasteiger partial charge is 0.218 e. The van der Waals surface area contributed by atoms with Gasteiger partial charge in [0.15, 0.2) is 8.24 Å². The number of fused-ring (bicyclic) bond motifs is 1. The van der Waals surface area contributed by atoms with Crippen LogP contribution in [0.25, 0.3) is 11.0 Å². The second-order valence-corrected chi connectivity index (χ2v) is 11.9. The molecule has 2 rings (SSSR count). The molecule has 6 heteroatoms. The molecule has 2 heterocycles. The van der Waals surface area contributed by atoms with Crippen LogP contribution in [0.2, 0.25) is 22.3 Å². The molecule has 0 aliphatic carbocycles. The summed E-state index contributed by atoms with van der Waals surface area (Å²) in [7, 11) is -1.72. The minimum atomic E-state index is -1.72. The van der Waals surface area contributed by atoms with Crippen molar-refractivity contribution >= 4 is 36.8 Å². The van der Waals surface area contributed by atoms with E-state index in [9.17, 15) is 0 Å². The zero-order valence-electron chi connectivity index (χ0n) is 12.8. The van der Waals surface area contributed by atoms with E-state index in [0.29, 0.717) is 11.1 Å². The molecule has 0 aliphatic rings. The Kier molecular flexibility index (Phi) is 4.11. The van der Waals surface area contributed by atoms with E-state index in [1.807, 2.05) is 12.3 Å². The SMILES string of the molecule is CC[Si](CC)(Nc1nc(Cl)c2cc[nH]c2n1)C(C)(C)C. The summed E-state index contributed by atoms with van der Waals surface area (Å²) in [5, 5.41) is 1.60. The van der Waals surface area contributed by atoms with Crippen molar-refractivity contribution in [3.8, 4) is 0 Å². The highest BCUT2D eigenvalue weighted by atomic mass is 35.5.